The van der Waals surface area contributed by atoms with Crippen LogP contribution >= 0.6 is 35.3 Å². The number of ether oxygens (including phenoxy) is 1. The van der Waals surface area contributed by atoms with E-state index in [0.717, 1.165) is 15.8 Å². The van der Waals surface area contributed by atoms with Crippen LogP contribution in [-0.2, 0) is 4.79 Å². The van der Waals surface area contributed by atoms with E-state index >= 15 is 0 Å². The van der Waals surface area contributed by atoms with Gasteiger partial charge in [-0.15, -0.1) is 12.4 Å². The third-order valence-electron chi connectivity index (χ3n) is 5.45. The molecule has 0 aliphatic carbocycles. The van der Waals surface area contributed by atoms with Crippen molar-refractivity contribution in [1.82, 2.24) is 9.88 Å². The minimum Gasteiger partial charge on any atom is -0.494 e. The normalized spacial score (nSPS) is 11.0. The van der Waals surface area contributed by atoms with Crippen molar-refractivity contribution in [2.75, 3.05) is 39.2 Å². The number of nitrogens with zero attached hydrogens (tertiary/aromatic N) is 3. The van der Waals surface area contributed by atoms with E-state index < -0.39 is 5.92 Å². The Morgan fingerprint density at radius 2 is 1.56 bits per heavy atom. The summed E-state index contributed by atoms with van der Waals surface area (Å²) in [5.41, 5.74) is 2.56. The first-order chi connectivity index (χ1) is 16.0. The zero-order chi connectivity index (χ0) is 23.4. The second-order valence-corrected chi connectivity index (χ2v) is 9.36. The summed E-state index contributed by atoms with van der Waals surface area (Å²) in [6, 6.07) is 23.4. The van der Waals surface area contributed by atoms with Crippen LogP contribution in [0, 0.1) is 0 Å². The molecule has 4 aromatic rings. The number of halogens is 2. The maximum atomic E-state index is 14.2. The highest BCUT2D eigenvalue weighted by atomic mass is 35.5. The van der Waals surface area contributed by atoms with E-state index in [1.54, 1.807) is 24.1 Å². The summed E-state index contributed by atoms with van der Waals surface area (Å²) in [7, 11) is 5.59. The van der Waals surface area contributed by atoms with Crippen molar-refractivity contribution in [1.29, 1.82) is 0 Å². The summed E-state index contributed by atoms with van der Waals surface area (Å²) < 4.78 is 6.30. The number of thiazole rings is 1. The average Bonchev–Trinajstić information content (AvgIpc) is 3.27. The summed E-state index contributed by atoms with van der Waals surface area (Å²) in [5, 5.41) is 1.21. The van der Waals surface area contributed by atoms with Crippen LogP contribution in [0.4, 0.5) is 5.13 Å². The van der Waals surface area contributed by atoms with Gasteiger partial charge in [-0.3, -0.25) is 9.69 Å². The minimum atomic E-state index is -0.445. The number of hydrogen-bond acceptors (Lipinski definition) is 5. The Morgan fingerprint density at radius 1 is 0.971 bits per heavy atom. The van der Waals surface area contributed by atoms with Gasteiger partial charge in [-0.1, -0.05) is 83.6 Å². The Kier molecular flexibility index (Phi) is 8.91. The molecule has 4 rings (SSSR count). The molecule has 0 atom stereocenters. The summed E-state index contributed by atoms with van der Waals surface area (Å²) in [4.78, 5) is 22.8. The number of amides is 1. The Balaban J connectivity index is 0.00000324. The van der Waals surface area contributed by atoms with E-state index in [1.807, 2.05) is 74.8 Å². The lowest BCUT2D eigenvalue weighted by molar-refractivity contribution is -0.119. The van der Waals surface area contributed by atoms with Gasteiger partial charge in [0.25, 0.3) is 0 Å². The predicted octanol–water partition coefficient (Wildman–Crippen LogP) is 6.11. The van der Waals surface area contributed by atoms with Gasteiger partial charge in [0.15, 0.2) is 5.13 Å². The van der Waals surface area contributed by atoms with E-state index in [4.69, 9.17) is 21.3 Å². The molecular weight excluding hydrogens is 489 g/mol. The van der Waals surface area contributed by atoms with Crippen LogP contribution in [0.15, 0.2) is 72.8 Å². The molecule has 0 saturated heterocycles. The molecule has 0 fully saturated rings. The smallest absolute Gasteiger partial charge is 0.240 e. The second kappa shape index (κ2) is 11.7. The lowest BCUT2D eigenvalue weighted by Crippen LogP contribution is -2.40. The van der Waals surface area contributed by atoms with E-state index in [-0.39, 0.29) is 18.3 Å². The molecule has 3 aromatic carbocycles. The topological polar surface area (TPSA) is 45.7 Å². The Labute approximate surface area is 215 Å². The van der Waals surface area contributed by atoms with Gasteiger partial charge >= 0.3 is 0 Å². The predicted molar refractivity (Wildman–Crippen MR) is 144 cm³/mol. The van der Waals surface area contributed by atoms with Crippen LogP contribution < -0.4 is 9.64 Å². The molecule has 1 heterocycles. The number of carbonyl (C=O) groups is 1. The molecule has 178 valence electrons. The highest BCUT2D eigenvalue weighted by molar-refractivity contribution is 7.23. The molecule has 1 aromatic heterocycles. The van der Waals surface area contributed by atoms with E-state index in [0.29, 0.717) is 34.5 Å². The third kappa shape index (κ3) is 5.53. The molecule has 0 aliphatic rings. The van der Waals surface area contributed by atoms with Crippen molar-refractivity contribution in [2.45, 2.75) is 5.92 Å². The lowest BCUT2D eigenvalue weighted by atomic mass is 9.90. The zero-order valence-electron chi connectivity index (χ0n) is 19.3. The highest BCUT2D eigenvalue weighted by Gasteiger charge is 2.30. The lowest BCUT2D eigenvalue weighted by Gasteiger charge is -2.27. The number of rotatable bonds is 8. The molecule has 0 saturated carbocycles. The van der Waals surface area contributed by atoms with Crippen LogP contribution in [0.5, 0.6) is 5.75 Å². The molecule has 0 radical (unpaired) electrons. The maximum Gasteiger partial charge on any atom is 0.240 e. The standard InChI is InChI=1S/C26H26ClN3O2S.ClH/c1-29(2)16-17-30(26-28-23-21(32-3)15-14-20(27)24(23)33-26)25(31)22(18-10-6-4-7-11-18)19-12-8-5-9-13-19;/h4-15,22H,16-17H2,1-3H3;1H. The molecule has 0 aliphatic heterocycles. The van der Waals surface area contributed by atoms with Gasteiger partial charge in [0.1, 0.15) is 11.3 Å². The molecule has 8 heteroatoms. The van der Waals surface area contributed by atoms with Crippen LogP contribution in [0.2, 0.25) is 5.02 Å². The zero-order valence-corrected chi connectivity index (χ0v) is 21.7. The maximum absolute atomic E-state index is 14.2. The fraction of sp³-hybridized carbons (Fsp3) is 0.231. The van der Waals surface area contributed by atoms with Crippen molar-refractivity contribution < 1.29 is 9.53 Å². The molecule has 0 bridgehead atoms. The first-order valence-electron chi connectivity index (χ1n) is 10.7. The largest absolute Gasteiger partial charge is 0.494 e. The molecule has 5 nitrogen and oxygen atoms in total. The number of aromatic nitrogens is 1. The van der Waals surface area contributed by atoms with E-state index in [9.17, 15) is 4.79 Å². The van der Waals surface area contributed by atoms with Crippen LogP contribution in [0.1, 0.15) is 17.0 Å². The quantitative estimate of drug-likeness (QED) is 0.284. The Bertz CT molecular complexity index is 1190. The number of likely N-dealkylation sites (N-methyl/N-ethyl adjacent to an activating group) is 1. The van der Waals surface area contributed by atoms with Crippen molar-refractivity contribution in [3.63, 3.8) is 0 Å². The number of hydrogen-bond donors (Lipinski definition) is 0. The van der Waals surface area contributed by atoms with E-state index in [1.165, 1.54) is 11.3 Å². The monoisotopic (exact) mass is 515 g/mol. The van der Waals surface area contributed by atoms with Gasteiger partial charge in [-0.05, 0) is 37.4 Å². The number of anilines is 1. The number of benzene rings is 3. The average molecular weight is 516 g/mol. The Hall–Kier alpha value is -2.64. The number of fused-ring (bicyclic) bond motifs is 1. The van der Waals surface area contributed by atoms with Gasteiger partial charge in [0, 0.05) is 13.1 Å². The summed E-state index contributed by atoms with van der Waals surface area (Å²) >= 11 is 7.88. The molecular formula is C26H27Cl2N3O2S. The van der Waals surface area contributed by atoms with Crippen molar-refractivity contribution >= 4 is 56.6 Å². The first-order valence-corrected chi connectivity index (χ1v) is 11.9. The van der Waals surface area contributed by atoms with Crippen molar-refractivity contribution in [2.24, 2.45) is 0 Å². The highest BCUT2D eigenvalue weighted by Crippen LogP contribution is 2.40. The van der Waals surface area contributed by atoms with Crippen LogP contribution in [-0.4, -0.2) is 50.1 Å². The fourth-order valence-corrected chi connectivity index (χ4v) is 5.03. The molecule has 0 N–H and O–H groups in total. The minimum absolute atomic E-state index is 0. The van der Waals surface area contributed by atoms with Crippen LogP contribution in [0.3, 0.4) is 0 Å². The molecule has 0 spiro atoms. The van der Waals surface area contributed by atoms with Gasteiger partial charge < -0.3 is 9.64 Å². The second-order valence-electron chi connectivity index (χ2n) is 7.97. The number of carbonyl (C=O) groups excluding carboxylic acids is 1. The third-order valence-corrected chi connectivity index (χ3v) is 6.99. The van der Waals surface area contributed by atoms with E-state index in [2.05, 4.69) is 4.90 Å². The molecule has 0 unspecified atom stereocenters. The van der Waals surface area contributed by atoms with Gasteiger partial charge in [-0.2, -0.15) is 0 Å². The summed E-state index contributed by atoms with van der Waals surface area (Å²) in [6.45, 7) is 1.20. The summed E-state index contributed by atoms with van der Waals surface area (Å²) in [6.07, 6.45) is 0. The Morgan fingerprint density at radius 3 is 2.09 bits per heavy atom. The van der Waals surface area contributed by atoms with Gasteiger partial charge in [-0.25, -0.2) is 4.98 Å². The van der Waals surface area contributed by atoms with Crippen LogP contribution in [0.25, 0.3) is 10.2 Å². The first kappa shape index (κ1) is 26.0. The van der Waals surface area contributed by atoms with Crippen molar-refractivity contribution in [3.05, 3.63) is 88.9 Å². The van der Waals surface area contributed by atoms with Gasteiger partial charge in [0.2, 0.25) is 5.91 Å². The molecule has 34 heavy (non-hydrogen) atoms. The molecule has 1 amide bonds. The fourth-order valence-electron chi connectivity index (χ4n) is 3.75. The van der Waals surface area contributed by atoms with Crippen molar-refractivity contribution in [3.8, 4) is 5.75 Å². The van der Waals surface area contributed by atoms with Gasteiger partial charge in [0.05, 0.1) is 22.8 Å². The summed E-state index contributed by atoms with van der Waals surface area (Å²) in [5.74, 6) is 0.168. The number of methoxy groups -OCH3 is 1. The SMILES string of the molecule is COc1ccc(Cl)c2sc(N(CCN(C)C)C(=O)C(c3ccccc3)c3ccccc3)nc12.Cl.